The van der Waals surface area contributed by atoms with Crippen LogP contribution in [0.15, 0.2) is 48.6 Å². The molecule has 2 rings (SSSR count). The Morgan fingerprint density at radius 1 is 1.16 bits per heavy atom. The fraction of sp³-hybridized carbons (Fsp3) is 0.522. The van der Waals surface area contributed by atoms with E-state index in [9.17, 15) is 22.0 Å². The molecule has 5 nitrogen and oxygen atoms in total. The van der Waals surface area contributed by atoms with Gasteiger partial charge in [-0.25, -0.2) is 4.79 Å². The van der Waals surface area contributed by atoms with E-state index in [4.69, 9.17) is 4.55 Å². The van der Waals surface area contributed by atoms with Crippen LogP contribution in [0.5, 0.6) is 0 Å². The molecule has 0 aromatic heterocycles. The van der Waals surface area contributed by atoms with Gasteiger partial charge in [-0.05, 0) is 36.8 Å². The SMILES string of the molecule is CCCCc1ccc(C2(C)C=CCC=CC(C)(COC(=O)C(F)(F)S(=O)(=O)O)C2)cc1. The molecular formula is C23H30F2O5S. The van der Waals surface area contributed by atoms with E-state index >= 15 is 0 Å². The van der Waals surface area contributed by atoms with Crippen LogP contribution in [0.2, 0.25) is 0 Å². The largest absolute Gasteiger partial charge is 0.465 e. The Balaban J connectivity index is 2.23. The third-order valence-corrected chi connectivity index (χ3v) is 6.39. The summed E-state index contributed by atoms with van der Waals surface area (Å²) in [6.45, 7) is 5.47. The van der Waals surface area contributed by atoms with Crippen LogP contribution in [0.25, 0.3) is 0 Å². The third kappa shape index (κ3) is 6.23. The maximum absolute atomic E-state index is 13.5. The number of halogens is 2. The quantitative estimate of drug-likeness (QED) is 0.329. The van der Waals surface area contributed by atoms with Crippen molar-refractivity contribution in [2.24, 2.45) is 5.41 Å². The van der Waals surface area contributed by atoms with E-state index in [1.54, 1.807) is 13.0 Å². The lowest BCUT2D eigenvalue weighted by molar-refractivity contribution is -0.164. The van der Waals surface area contributed by atoms with Gasteiger partial charge in [0, 0.05) is 10.8 Å². The van der Waals surface area contributed by atoms with E-state index in [1.807, 2.05) is 19.1 Å². The molecule has 1 aromatic rings. The smallest absolute Gasteiger partial charge is 0.459 e. The van der Waals surface area contributed by atoms with Gasteiger partial charge < -0.3 is 4.74 Å². The average molecular weight is 457 g/mol. The number of rotatable bonds is 8. The Kier molecular flexibility index (Phi) is 7.81. The van der Waals surface area contributed by atoms with Crippen molar-refractivity contribution in [3.8, 4) is 0 Å². The fourth-order valence-electron chi connectivity index (χ4n) is 3.87. The Bertz CT molecular complexity index is 937. The maximum Gasteiger partial charge on any atom is 0.465 e. The highest BCUT2D eigenvalue weighted by atomic mass is 32.2. The van der Waals surface area contributed by atoms with Crippen LogP contribution in [0.1, 0.15) is 57.6 Å². The molecule has 8 heteroatoms. The number of unbranched alkanes of at least 4 members (excludes halogenated alkanes) is 1. The summed E-state index contributed by atoms with van der Waals surface area (Å²) < 4.78 is 61.9. The van der Waals surface area contributed by atoms with Crippen LogP contribution >= 0.6 is 0 Å². The van der Waals surface area contributed by atoms with Gasteiger partial charge in [-0.3, -0.25) is 4.55 Å². The molecule has 0 aliphatic heterocycles. The predicted octanol–water partition coefficient (Wildman–Crippen LogP) is 5.22. The maximum atomic E-state index is 13.5. The number of carbonyl (C=O) groups is 1. The summed E-state index contributed by atoms with van der Waals surface area (Å²) in [4.78, 5) is 11.7. The second-order valence-corrected chi connectivity index (χ2v) is 10.1. The van der Waals surface area contributed by atoms with Gasteiger partial charge in [-0.1, -0.05) is 75.8 Å². The molecule has 0 radical (unpaired) electrons. The lowest BCUT2D eigenvalue weighted by Crippen LogP contribution is -2.41. The van der Waals surface area contributed by atoms with Gasteiger partial charge in [0.25, 0.3) is 0 Å². The zero-order valence-electron chi connectivity index (χ0n) is 18.1. The number of allylic oxidation sites excluding steroid dienone is 3. The molecule has 0 spiro atoms. The zero-order chi connectivity index (χ0) is 23.3. The highest BCUT2D eigenvalue weighted by Crippen LogP contribution is 2.41. The Labute approximate surface area is 182 Å². The molecule has 31 heavy (non-hydrogen) atoms. The first-order valence-corrected chi connectivity index (χ1v) is 11.7. The molecule has 1 aliphatic carbocycles. The Morgan fingerprint density at radius 3 is 2.35 bits per heavy atom. The summed E-state index contributed by atoms with van der Waals surface area (Å²) in [7, 11) is -5.90. The van der Waals surface area contributed by atoms with Gasteiger partial charge in [0.05, 0.1) is 0 Å². The van der Waals surface area contributed by atoms with E-state index < -0.39 is 38.8 Å². The number of ether oxygens (including phenoxy) is 1. The van der Waals surface area contributed by atoms with Crippen molar-refractivity contribution in [2.45, 2.75) is 63.5 Å². The molecule has 0 saturated heterocycles. The number of carbonyl (C=O) groups excluding carboxylic acids is 1. The second-order valence-electron chi connectivity index (χ2n) is 8.66. The number of alkyl halides is 2. The summed E-state index contributed by atoms with van der Waals surface area (Å²) in [5.74, 6) is -2.29. The van der Waals surface area contributed by atoms with Crippen molar-refractivity contribution < 1.29 is 31.3 Å². The first kappa shape index (κ1) is 25.2. The number of benzene rings is 1. The van der Waals surface area contributed by atoms with E-state index in [0.717, 1.165) is 24.8 Å². The first-order valence-electron chi connectivity index (χ1n) is 10.3. The van der Waals surface area contributed by atoms with Gasteiger partial charge in [0.1, 0.15) is 6.61 Å². The third-order valence-electron chi connectivity index (χ3n) is 5.58. The van der Waals surface area contributed by atoms with Crippen molar-refractivity contribution in [1.29, 1.82) is 0 Å². The van der Waals surface area contributed by atoms with Crippen LogP contribution in [0, 0.1) is 5.41 Å². The number of esters is 1. The van der Waals surface area contributed by atoms with Gasteiger partial charge in [-0.15, -0.1) is 0 Å². The molecule has 2 atom stereocenters. The van der Waals surface area contributed by atoms with Crippen LogP contribution in [-0.2, 0) is 31.5 Å². The highest BCUT2D eigenvalue weighted by Gasteiger charge is 2.54. The van der Waals surface area contributed by atoms with E-state index in [0.29, 0.717) is 12.8 Å². The molecule has 1 aromatic carbocycles. The van der Waals surface area contributed by atoms with Crippen LogP contribution in [0.3, 0.4) is 0 Å². The topological polar surface area (TPSA) is 80.7 Å². The molecule has 2 unspecified atom stereocenters. The van der Waals surface area contributed by atoms with E-state index in [1.165, 1.54) is 5.56 Å². The van der Waals surface area contributed by atoms with Gasteiger partial charge in [-0.2, -0.15) is 17.2 Å². The van der Waals surface area contributed by atoms with Gasteiger partial charge in [0.2, 0.25) is 0 Å². The molecule has 0 heterocycles. The Morgan fingerprint density at radius 2 is 1.77 bits per heavy atom. The predicted molar refractivity (Wildman–Crippen MR) is 115 cm³/mol. The molecule has 0 bridgehead atoms. The summed E-state index contributed by atoms with van der Waals surface area (Å²) in [5, 5.41) is -5.01. The van der Waals surface area contributed by atoms with Crippen molar-refractivity contribution in [2.75, 3.05) is 6.61 Å². The van der Waals surface area contributed by atoms with Gasteiger partial charge in [0.15, 0.2) is 0 Å². The number of hydrogen-bond donors (Lipinski definition) is 1. The van der Waals surface area contributed by atoms with Crippen LogP contribution < -0.4 is 0 Å². The lowest BCUT2D eigenvalue weighted by Gasteiger charge is -2.37. The van der Waals surface area contributed by atoms with Crippen molar-refractivity contribution in [1.82, 2.24) is 0 Å². The number of aryl methyl sites for hydroxylation is 1. The molecule has 0 saturated carbocycles. The summed E-state index contributed by atoms with van der Waals surface area (Å²) in [6, 6.07) is 8.28. The lowest BCUT2D eigenvalue weighted by atomic mass is 9.68. The summed E-state index contributed by atoms with van der Waals surface area (Å²) in [5.41, 5.74) is 1.000. The highest BCUT2D eigenvalue weighted by molar-refractivity contribution is 7.87. The minimum Gasteiger partial charge on any atom is -0.459 e. The van der Waals surface area contributed by atoms with Crippen LogP contribution in [0.4, 0.5) is 8.78 Å². The minimum absolute atomic E-state index is 0.437. The van der Waals surface area contributed by atoms with Crippen LogP contribution in [-0.4, -0.2) is 30.8 Å². The first-order chi connectivity index (χ1) is 14.3. The molecule has 1 N–H and O–H groups in total. The molecule has 0 amide bonds. The molecule has 1 aliphatic rings. The van der Waals surface area contributed by atoms with Crippen molar-refractivity contribution >= 4 is 16.1 Å². The minimum atomic E-state index is -5.90. The fourth-order valence-corrected chi connectivity index (χ4v) is 4.14. The van der Waals surface area contributed by atoms with Crippen molar-refractivity contribution in [3.63, 3.8) is 0 Å². The molecule has 172 valence electrons. The zero-order valence-corrected chi connectivity index (χ0v) is 18.9. The standard InChI is InChI=1S/C23H30F2O5S/c1-4-5-9-18-10-12-19(13-11-18)22(3)15-8-6-7-14-21(2,16-22)17-30-20(26)23(24,25)31(27,28)29/h7-8,10-15H,4-6,9,16-17H2,1-3H3,(H,27,28,29). The molecule has 0 fully saturated rings. The molecular weight excluding hydrogens is 426 g/mol. The van der Waals surface area contributed by atoms with Gasteiger partial charge >= 0.3 is 21.3 Å². The monoisotopic (exact) mass is 456 g/mol. The van der Waals surface area contributed by atoms with E-state index in [2.05, 4.69) is 42.0 Å². The Hall–Kier alpha value is -2.06. The second kappa shape index (κ2) is 9.61. The summed E-state index contributed by atoms with van der Waals surface area (Å²) >= 11 is 0. The number of hydrogen-bond acceptors (Lipinski definition) is 4. The summed E-state index contributed by atoms with van der Waals surface area (Å²) in [6.07, 6.45) is 12.0. The normalized spacial score (nSPS) is 24.5. The van der Waals surface area contributed by atoms with Crippen molar-refractivity contribution in [3.05, 3.63) is 59.7 Å². The average Bonchev–Trinajstić information content (AvgIpc) is 2.68. The van der Waals surface area contributed by atoms with E-state index in [-0.39, 0.29) is 0 Å².